The molecule has 0 fully saturated rings. The van der Waals surface area contributed by atoms with E-state index in [1.54, 1.807) is 18.3 Å². The Labute approximate surface area is 183 Å². The number of methoxy groups -OCH3 is 1. The predicted octanol–water partition coefficient (Wildman–Crippen LogP) is -1.26. The van der Waals surface area contributed by atoms with Crippen molar-refractivity contribution in [3.63, 3.8) is 0 Å². The Bertz CT molecular complexity index is 1350. The predicted molar refractivity (Wildman–Crippen MR) is 116 cm³/mol. The molecule has 0 saturated carbocycles. The van der Waals surface area contributed by atoms with E-state index in [1.165, 1.54) is 7.11 Å². The van der Waals surface area contributed by atoms with Gasteiger partial charge in [0.1, 0.15) is 6.61 Å². The SMILES string of the molecule is COCCOC(=O)N(n1c(=O)[nH]c2c(c1=O)=CC(c1ccnn1C(C)C)CC=2)S(C)(=O)=O. The van der Waals surface area contributed by atoms with Gasteiger partial charge in [-0.25, -0.2) is 18.0 Å². The van der Waals surface area contributed by atoms with E-state index in [0.717, 1.165) is 5.69 Å². The third-order valence-electron chi connectivity index (χ3n) is 4.83. The molecule has 3 rings (SSSR count). The summed E-state index contributed by atoms with van der Waals surface area (Å²) in [5.41, 5.74) is -1.19. The molecule has 1 amide bonds. The summed E-state index contributed by atoms with van der Waals surface area (Å²) in [6.45, 7) is 3.69. The van der Waals surface area contributed by atoms with Crippen molar-refractivity contribution >= 4 is 28.3 Å². The van der Waals surface area contributed by atoms with Gasteiger partial charge < -0.3 is 14.5 Å². The number of nitrogens with zero attached hydrogens (tertiary/aromatic N) is 4. The van der Waals surface area contributed by atoms with Crippen LogP contribution in [0.3, 0.4) is 0 Å². The number of nitrogens with one attached hydrogen (secondary N) is 1. The molecule has 0 saturated heterocycles. The standard InChI is InChI=1S/C19H25N5O7S/c1-12(2)22-16(7-8-20-22)13-5-6-15-14(11-13)17(25)23(18(26)21-15)24(32(4,28)29)19(27)31-10-9-30-3/h6-8,11-13H,5,9-10H2,1-4H3,(H,21,26). The summed E-state index contributed by atoms with van der Waals surface area (Å²) < 4.78 is 36.3. The van der Waals surface area contributed by atoms with E-state index in [9.17, 15) is 22.8 Å². The van der Waals surface area contributed by atoms with Crippen LogP contribution in [-0.2, 0) is 19.5 Å². The van der Waals surface area contributed by atoms with Gasteiger partial charge in [0.15, 0.2) is 0 Å². The summed E-state index contributed by atoms with van der Waals surface area (Å²) in [5.74, 6) is -0.236. The van der Waals surface area contributed by atoms with Gasteiger partial charge in [0.2, 0.25) is 0 Å². The molecule has 2 aromatic heterocycles. The number of fused-ring (bicyclic) bond motifs is 1. The van der Waals surface area contributed by atoms with Crippen LogP contribution in [0.2, 0.25) is 0 Å². The number of ether oxygens (including phenoxy) is 2. The fraction of sp³-hybridized carbons (Fsp3) is 0.474. The molecule has 1 unspecified atom stereocenters. The van der Waals surface area contributed by atoms with Crippen LogP contribution in [0.5, 0.6) is 0 Å². The molecule has 13 heteroatoms. The van der Waals surface area contributed by atoms with Crippen molar-refractivity contribution in [1.82, 2.24) is 19.4 Å². The molecule has 0 aliphatic heterocycles. The number of sulfonamides is 1. The summed E-state index contributed by atoms with van der Waals surface area (Å²) in [7, 11) is -3.01. The summed E-state index contributed by atoms with van der Waals surface area (Å²) in [6, 6.07) is 1.92. The zero-order valence-electron chi connectivity index (χ0n) is 18.1. The van der Waals surface area contributed by atoms with E-state index >= 15 is 0 Å². The van der Waals surface area contributed by atoms with Crippen LogP contribution in [0, 0.1) is 0 Å². The number of aromatic nitrogens is 4. The van der Waals surface area contributed by atoms with E-state index in [0.29, 0.717) is 12.7 Å². The van der Waals surface area contributed by atoms with E-state index in [-0.39, 0.29) is 44.8 Å². The number of aromatic amines is 1. The average molecular weight is 468 g/mol. The molecule has 2 aromatic rings. The summed E-state index contributed by atoms with van der Waals surface area (Å²) in [5, 5.41) is 4.62. The molecule has 174 valence electrons. The average Bonchev–Trinajstić information content (AvgIpc) is 3.20. The minimum absolute atomic E-state index is 0.00668. The number of carbonyl (C=O) groups is 1. The van der Waals surface area contributed by atoms with Gasteiger partial charge in [0.25, 0.3) is 15.6 Å². The third kappa shape index (κ3) is 4.53. The lowest BCUT2D eigenvalue weighted by Crippen LogP contribution is -2.63. The third-order valence-corrected chi connectivity index (χ3v) is 5.77. The Balaban J connectivity index is 2.17. The number of hydrogen-bond acceptors (Lipinski definition) is 8. The zero-order chi connectivity index (χ0) is 23.6. The van der Waals surface area contributed by atoms with Crippen molar-refractivity contribution in [3.8, 4) is 0 Å². The molecule has 0 radical (unpaired) electrons. The molecule has 0 bridgehead atoms. The van der Waals surface area contributed by atoms with E-state index in [1.807, 2.05) is 24.6 Å². The maximum absolute atomic E-state index is 13.2. The number of amides is 1. The molecule has 1 aliphatic carbocycles. The number of hydrogen-bond donors (Lipinski definition) is 1. The Morgan fingerprint density at radius 1 is 1.34 bits per heavy atom. The Kier molecular flexibility index (Phi) is 6.69. The van der Waals surface area contributed by atoms with Crippen LogP contribution >= 0.6 is 0 Å². The monoisotopic (exact) mass is 467 g/mol. The van der Waals surface area contributed by atoms with Gasteiger partial charge in [-0.15, -0.1) is 4.68 Å². The fourth-order valence-corrected chi connectivity index (χ4v) is 4.22. The van der Waals surface area contributed by atoms with Crippen LogP contribution in [0.4, 0.5) is 4.79 Å². The molecular weight excluding hydrogens is 442 g/mol. The van der Waals surface area contributed by atoms with E-state index in [4.69, 9.17) is 9.47 Å². The molecular formula is C19H25N5O7S. The number of H-pyrrole nitrogens is 1. The molecule has 1 aliphatic rings. The number of rotatable bonds is 7. The highest BCUT2D eigenvalue weighted by molar-refractivity contribution is 7.92. The quantitative estimate of drug-likeness (QED) is 0.497. The Morgan fingerprint density at radius 3 is 2.69 bits per heavy atom. The maximum Gasteiger partial charge on any atom is 0.444 e. The topological polar surface area (TPSA) is 146 Å². The zero-order valence-corrected chi connectivity index (χ0v) is 19.0. The summed E-state index contributed by atoms with van der Waals surface area (Å²) in [6.07, 6.45) is 4.77. The number of carbonyl (C=O) groups excluding carboxylic acids is 1. The maximum atomic E-state index is 13.2. The highest BCUT2D eigenvalue weighted by Gasteiger charge is 2.31. The van der Waals surface area contributed by atoms with Crippen LogP contribution in [0.1, 0.15) is 37.9 Å². The molecule has 1 atom stereocenters. The molecule has 32 heavy (non-hydrogen) atoms. The first-order chi connectivity index (χ1) is 15.1. The van der Waals surface area contributed by atoms with Crippen LogP contribution in [0.15, 0.2) is 21.9 Å². The van der Waals surface area contributed by atoms with Crippen molar-refractivity contribution in [2.24, 2.45) is 0 Å². The minimum atomic E-state index is -4.38. The molecule has 0 spiro atoms. The smallest absolute Gasteiger partial charge is 0.444 e. The van der Waals surface area contributed by atoms with Crippen LogP contribution in [-0.4, -0.2) is 60.5 Å². The lowest BCUT2D eigenvalue weighted by atomic mass is 9.96. The molecule has 0 aromatic carbocycles. The summed E-state index contributed by atoms with van der Waals surface area (Å²) >= 11 is 0. The fourth-order valence-electron chi connectivity index (χ4n) is 3.45. The van der Waals surface area contributed by atoms with Gasteiger partial charge in [-0.05, 0) is 26.3 Å². The highest BCUT2D eigenvalue weighted by Crippen LogP contribution is 2.24. The first-order valence-corrected chi connectivity index (χ1v) is 11.7. The van der Waals surface area contributed by atoms with Gasteiger partial charge in [-0.1, -0.05) is 16.6 Å². The van der Waals surface area contributed by atoms with Gasteiger partial charge in [0.05, 0.1) is 23.4 Å². The van der Waals surface area contributed by atoms with Crippen LogP contribution < -0.4 is 26.2 Å². The first kappa shape index (κ1) is 23.5. The van der Waals surface area contributed by atoms with Gasteiger partial charge >= 0.3 is 11.8 Å². The first-order valence-electron chi connectivity index (χ1n) is 9.83. The molecule has 2 heterocycles. The van der Waals surface area contributed by atoms with E-state index in [2.05, 4.69) is 10.1 Å². The van der Waals surface area contributed by atoms with Crippen molar-refractivity contribution in [3.05, 3.63) is 49.4 Å². The van der Waals surface area contributed by atoms with Gasteiger partial charge in [-0.3, -0.25) is 9.48 Å². The van der Waals surface area contributed by atoms with Crippen molar-refractivity contribution in [2.75, 3.05) is 31.0 Å². The Morgan fingerprint density at radius 2 is 2.06 bits per heavy atom. The van der Waals surface area contributed by atoms with Gasteiger partial charge in [0, 0.05) is 31.0 Å². The van der Waals surface area contributed by atoms with Gasteiger partial charge in [-0.2, -0.15) is 5.10 Å². The van der Waals surface area contributed by atoms with Crippen molar-refractivity contribution < 1.29 is 22.7 Å². The minimum Gasteiger partial charge on any atom is -0.445 e. The highest BCUT2D eigenvalue weighted by atomic mass is 32.2. The second-order valence-electron chi connectivity index (χ2n) is 7.49. The second kappa shape index (κ2) is 9.12. The summed E-state index contributed by atoms with van der Waals surface area (Å²) in [4.78, 5) is 40.7. The van der Waals surface area contributed by atoms with Crippen LogP contribution in [0.25, 0.3) is 12.2 Å². The Hall–Kier alpha value is -3.19. The lowest BCUT2D eigenvalue weighted by molar-refractivity contribution is 0.102. The van der Waals surface area contributed by atoms with Crippen molar-refractivity contribution in [1.29, 1.82) is 0 Å². The normalized spacial score (nSPS) is 15.6. The van der Waals surface area contributed by atoms with Crippen molar-refractivity contribution in [2.45, 2.75) is 32.2 Å². The molecule has 1 N–H and O–H groups in total. The van der Waals surface area contributed by atoms with E-state index < -0.39 is 27.4 Å². The lowest BCUT2D eigenvalue weighted by Gasteiger charge is -2.21. The largest absolute Gasteiger partial charge is 0.445 e. The molecule has 12 nitrogen and oxygen atoms in total. The second-order valence-corrected chi connectivity index (χ2v) is 9.31.